The second-order valence-corrected chi connectivity index (χ2v) is 10.6. The Morgan fingerprint density at radius 1 is 0.857 bits per heavy atom. The predicted octanol–water partition coefficient (Wildman–Crippen LogP) is 3.98. The average molecular weight is 494 g/mol. The van der Waals surface area contributed by atoms with Gasteiger partial charge >= 0.3 is 0 Å². The molecule has 1 amide bonds. The Hall–Kier alpha value is -3.36. The molecular formula is C27H31N3O4S. The van der Waals surface area contributed by atoms with Crippen LogP contribution in [0.1, 0.15) is 12.5 Å². The third kappa shape index (κ3) is 6.41. The van der Waals surface area contributed by atoms with Crippen LogP contribution in [0, 0.1) is 0 Å². The summed E-state index contributed by atoms with van der Waals surface area (Å²) in [4.78, 5) is 17.4. The van der Waals surface area contributed by atoms with Gasteiger partial charge in [0.1, 0.15) is 17.5 Å². The normalized spacial score (nSPS) is 15.4. The van der Waals surface area contributed by atoms with E-state index in [-0.39, 0.29) is 5.91 Å². The zero-order valence-corrected chi connectivity index (χ0v) is 20.9. The SMILES string of the molecule is CC(C(=O)N1CCN(Cc2ccccc2)CC1)N(c1ccc(Oc2ccccc2)cc1)S(C)(=O)=O. The molecular weight excluding hydrogens is 462 g/mol. The molecule has 1 atom stereocenters. The molecule has 1 unspecified atom stereocenters. The minimum atomic E-state index is -3.69. The van der Waals surface area contributed by atoms with E-state index in [4.69, 9.17) is 4.74 Å². The highest BCUT2D eigenvalue weighted by Gasteiger charge is 2.33. The number of piperazine rings is 1. The molecule has 0 radical (unpaired) electrons. The molecule has 1 heterocycles. The molecule has 8 heteroatoms. The number of benzene rings is 3. The maximum absolute atomic E-state index is 13.3. The van der Waals surface area contributed by atoms with Crippen LogP contribution < -0.4 is 9.04 Å². The topological polar surface area (TPSA) is 70.2 Å². The number of rotatable bonds is 8. The number of nitrogens with zero attached hydrogens (tertiary/aromatic N) is 3. The van der Waals surface area contributed by atoms with Gasteiger partial charge in [0.15, 0.2) is 0 Å². The van der Waals surface area contributed by atoms with Crippen LogP contribution >= 0.6 is 0 Å². The molecule has 3 aromatic carbocycles. The molecule has 0 aromatic heterocycles. The predicted molar refractivity (Wildman–Crippen MR) is 138 cm³/mol. The third-order valence-corrected chi connectivity index (χ3v) is 7.31. The van der Waals surface area contributed by atoms with Gasteiger partial charge in [-0.25, -0.2) is 8.42 Å². The van der Waals surface area contributed by atoms with Crippen LogP contribution in [-0.4, -0.2) is 62.6 Å². The van der Waals surface area contributed by atoms with Gasteiger partial charge in [-0.15, -0.1) is 0 Å². The summed E-state index contributed by atoms with van der Waals surface area (Å²) in [6, 6.07) is 25.5. The van der Waals surface area contributed by atoms with E-state index in [1.165, 1.54) is 9.87 Å². The van der Waals surface area contributed by atoms with E-state index >= 15 is 0 Å². The fourth-order valence-electron chi connectivity index (χ4n) is 4.32. The van der Waals surface area contributed by atoms with Crippen molar-refractivity contribution >= 4 is 21.6 Å². The molecule has 0 aliphatic carbocycles. The lowest BCUT2D eigenvalue weighted by Gasteiger charge is -2.38. The molecule has 1 saturated heterocycles. The molecule has 3 aromatic rings. The van der Waals surface area contributed by atoms with E-state index in [1.807, 2.05) is 48.5 Å². The van der Waals surface area contributed by atoms with E-state index in [0.29, 0.717) is 30.3 Å². The minimum Gasteiger partial charge on any atom is -0.457 e. The second kappa shape index (κ2) is 10.9. The van der Waals surface area contributed by atoms with Crippen molar-refractivity contribution in [2.45, 2.75) is 19.5 Å². The van der Waals surface area contributed by atoms with Crippen molar-refractivity contribution in [2.75, 3.05) is 36.7 Å². The van der Waals surface area contributed by atoms with Crippen LogP contribution in [0.4, 0.5) is 5.69 Å². The lowest BCUT2D eigenvalue weighted by atomic mass is 10.2. The number of carbonyl (C=O) groups is 1. The first-order chi connectivity index (χ1) is 16.8. The molecule has 0 bridgehead atoms. The maximum atomic E-state index is 13.3. The lowest BCUT2D eigenvalue weighted by Crippen LogP contribution is -2.55. The van der Waals surface area contributed by atoms with E-state index in [0.717, 1.165) is 25.9 Å². The first-order valence-corrected chi connectivity index (χ1v) is 13.5. The fraction of sp³-hybridized carbons (Fsp3) is 0.296. The molecule has 35 heavy (non-hydrogen) atoms. The van der Waals surface area contributed by atoms with Crippen LogP contribution in [-0.2, 0) is 21.4 Å². The van der Waals surface area contributed by atoms with Gasteiger partial charge in [-0.1, -0.05) is 48.5 Å². The van der Waals surface area contributed by atoms with Gasteiger partial charge in [0.2, 0.25) is 15.9 Å². The number of hydrogen-bond donors (Lipinski definition) is 0. The number of amides is 1. The van der Waals surface area contributed by atoms with Gasteiger partial charge in [0.25, 0.3) is 0 Å². The number of sulfonamides is 1. The highest BCUT2D eigenvalue weighted by atomic mass is 32.2. The van der Waals surface area contributed by atoms with Gasteiger partial charge < -0.3 is 9.64 Å². The Labute approximate surface area is 207 Å². The number of ether oxygens (including phenoxy) is 1. The number of anilines is 1. The van der Waals surface area contributed by atoms with Crippen LogP contribution in [0.5, 0.6) is 11.5 Å². The molecule has 0 saturated carbocycles. The van der Waals surface area contributed by atoms with Crippen LogP contribution in [0.25, 0.3) is 0 Å². The Morgan fingerprint density at radius 2 is 1.40 bits per heavy atom. The van der Waals surface area contributed by atoms with E-state index in [2.05, 4.69) is 17.0 Å². The zero-order valence-electron chi connectivity index (χ0n) is 20.1. The standard InChI is InChI=1S/C27H31N3O4S/c1-22(27(31)29-19-17-28(18-20-29)21-23-9-5-3-6-10-23)30(35(2,32)33)24-13-15-26(16-14-24)34-25-11-7-4-8-12-25/h3-16,22H,17-21H2,1-2H3. The smallest absolute Gasteiger partial charge is 0.246 e. The second-order valence-electron chi connectivity index (χ2n) is 8.73. The molecule has 4 rings (SSSR count). The van der Waals surface area contributed by atoms with Crippen molar-refractivity contribution in [3.8, 4) is 11.5 Å². The minimum absolute atomic E-state index is 0.195. The number of carbonyl (C=O) groups excluding carboxylic acids is 1. The quantitative estimate of drug-likeness (QED) is 0.475. The highest BCUT2D eigenvalue weighted by molar-refractivity contribution is 7.92. The lowest BCUT2D eigenvalue weighted by molar-refractivity contribution is -0.133. The molecule has 1 aliphatic heterocycles. The van der Waals surface area contributed by atoms with Crippen molar-refractivity contribution in [2.24, 2.45) is 0 Å². The van der Waals surface area contributed by atoms with Crippen LogP contribution in [0.2, 0.25) is 0 Å². The van der Waals surface area contributed by atoms with Crippen LogP contribution in [0.15, 0.2) is 84.9 Å². The fourth-order valence-corrected chi connectivity index (χ4v) is 5.49. The first-order valence-electron chi connectivity index (χ1n) is 11.7. The molecule has 0 spiro atoms. The van der Waals surface area contributed by atoms with E-state index in [1.54, 1.807) is 36.1 Å². The largest absolute Gasteiger partial charge is 0.457 e. The molecule has 184 valence electrons. The Balaban J connectivity index is 1.41. The van der Waals surface area contributed by atoms with Gasteiger partial charge in [0, 0.05) is 32.7 Å². The molecule has 1 aliphatic rings. The summed E-state index contributed by atoms with van der Waals surface area (Å²) in [5.41, 5.74) is 1.67. The summed E-state index contributed by atoms with van der Waals surface area (Å²) >= 11 is 0. The Morgan fingerprint density at radius 3 is 1.97 bits per heavy atom. The van der Waals surface area contributed by atoms with Gasteiger partial charge in [-0.05, 0) is 48.9 Å². The monoisotopic (exact) mass is 493 g/mol. The van der Waals surface area contributed by atoms with Crippen LogP contribution in [0.3, 0.4) is 0 Å². The number of hydrogen-bond acceptors (Lipinski definition) is 5. The average Bonchev–Trinajstić information content (AvgIpc) is 2.86. The van der Waals surface area contributed by atoms with Crippen molar-refractivity contribution < 1.29 is 17.9 Å². The first kappa shape index (κ1) is 24.8. The zero-order chi connectivity index (χ0) is 24.8. The summed E-state index contributed by atoms with van der Waals surface area (Å²) in [7, 11) is -3.69. The summed E-state index contributed by atoms with van der Waals surface area (Å²) in [6.07, 6.45) is 1.13. The van der Waals surface area contributed by atoms with Crippen molar-refractivity contribution in [1.82, 2.24) is 9.80 Å². The van der Waals surface area contributed by atoms with Crippen molar-refractivity contribution in [3.63, 3.8) is 0 Å². The van der Waals surface area contributed by atoms with Crippen molar-refractivity contribution in [1.29, 1.82) is 0 Å². The Kier molecular flexibility index (Phi) is 7.73. The molecule has 1 fully saturated rings. The molecule has 7 nitrogen and oxygen atoms in total. The van der Waals surface area contributed by atoms with Crippen molar-refractivity contribution in [3.05, 3.63) is 90.5 Å². The summed E-state index contributed by atoms with van der Waals surface area (Å²) in [6.45, 7) is 5.11. The summed E-state index contributed by atoms with van der Waals surface area (Å²) < 4.78 is 32.4. The Bertz CT molecular complexity index is 1210. The van der Waals surface area contributed by atoms with E-state index in [9.17, 15) is 13.2 Å². The van der Waals surface area contributed by atoms with Gasteiger partial charge in [-0.2, -0.15) is 0 Å². The van der Waals surface area contributed by atoms with Gasteiger partial charge in [-0.3, -0.25) is 14.0 Å². The maximum Gasteiger partial charge on any atom is 0.246 e. The van der Waals surface area contributed by atoms with E-state index < -0.39 is 16.1 Å². The summed E-state index contributed by atoms with van der Waals surface area (Å²) in [5.74, 6) is 1.08. The summed E-state index contributed by atoms with van der Waals surface area (Å²) in [5, 5.41) is 0. The third-order valence-electron chi connectivity index (χ3n) is 6.07. The number of para-hydroxylation sites is 1. The molecule has 0 N–H and O–H groups in total. The highest BCUT2D eigenvalue weighted by Crippen LogP contribution is 2.27. The van der Waals surface area contributed by atoms with Gasteiger partial charge in [0.05, 0.1) is 11.9 Å².